The summed E-state index contributed by atoms with van der Waals surface area (Å²) >= 11 is 0. The van der Waals surface area contributed by atoms with Crippen LogP contribution in [0.4, 0.5) is 0 Å². The second-order valence-corrected chi connectivity index (χ2v) is 1.34. The number of hydrogen-bond donors (Lipinski definition) is 2. The summed E-state index contributed by atoms with van der Waals surface area (Å²) in [5.41, 5.74) is 0. The van der Waals surface area contributed by atoms with E-state index >= 15 is 0 Å². The largest absolute Gasteiger partial charge is 2.00 e. The average Bonchev–Trinajstić information content (AvgIpc) is 0.722. The third-order valence-corrected chi connectivity index (χ3v) is 0. The van der Waals surface area contributed by atoms with E-state index in [0.717, 1.165) is 0 Å². The SMILES string of the molecule is O=S(=O)(O)O.[Ba+2].[Ca+2].[H-].[H-].[H-].[H-].[Zn]. The third-order valence-electron chi connectivity index (χ3n) is 0. The molecule has 8 heteroatoms. The monoisotopic (exact) mass is 344 g/mol. The van der Waals surface area contributed by atoms with Gasteiger partial charge in [-0.3, -0.25) is 9.11 Å². The minimum absolute atomic E-state index is 0. The summed E-state index contributed by atoms with van der Waals surface area (Å²) in [6, 6.07) is 0. The first-order chi connectivity index (χ1) is 2.00. The summed E-state index contributed by atoms with van der Waals surface area (Å²) in [5, 5.41) is 0. The maximum absolute atomic E-state index is 8.74. The number of hydrogen-bond acceptors (Lipinski definition) is 2. The summed E-state index contributed by atoms with van der Waals surface area (Å²) in [4.78, 5) is 0. The normalized spacial score (nSPS) is 7.25. The average molecular weight is 345 g/mol. The van der Waals surface area contributed by atoms with Gasteiger partial charge in [0.15, 0.2) is 0 Å². The fraction of sp³-hybridized carbons (Fsp3) is 0. The molecule has 0 saturated carbocycles. The van der Waals surface area contributed by atoms with Gasteiger partial charge in [-0.05, 0) is 0 Å². The van der Waals surface area contributed by atoms with Crippen molar-refractivity contribution in [2.75, 3.05) is 0 Å². The topological polar surface area (TPSA) is 74.6 Å². The van der Waals surface area contributed by atoms with Crippen molar-refractivity contribution in [3.63, 3.8) is 0 Å². The molecule has 0 aliphatic carbocycles. The maximum Gasteiger partial charge on any atom is 2.00 e. The van der Waals surface area contributed by atoms with Crippen molar-refractivity contribution in [3.8, 4) is 0 Å². The van der Waals surface area contributed by atoms with Crippen LogP contribution in [0.2, 0.25) is 0 Å². The molecule has 0 bridgehead atoms. The van der Waals surface area contributed by atoms with E-state index in [4.69, 9.17) is 17.5 Å². The Bertz CT molecular complexity index is 110. The molecule has 0 heterocycles. The van der Waals surface area contributed by atoms with E-state index < -0.39 is 10.4 Å². The van der Waals surface area contributed by atoms with Gasteiger partial charge in [-0.2, -0.15) is 8.42 Å². The van der Waals surface area contributed by atoms with Crippen molar-refractivity contribution >= 4 is 97.0 Å². The molecule has 0 aliphatic heterocycles. The quantitative estimate of drug-likeness (QED) is 0.438. The van der Waals surface area contributed by atoms with E-state index in [2.05, 4.69) is 0 Å². The standard InChI is InChI=1S/Ba.Ca.H2O4S.Zn.4H/c;;1-5(2,3)4;;;;;/h;;(H2,1,2,3,4);;;;;/q2*+2;;;4*-1. The molecule has 0 saturated heterocycles. The molecule has 0 rings (SSSR count). The van der Waals surface area contributed by atoms with Gasteiger partial charge in [-0.1, -0.05) is 0 Å². The van der Waals surface area contributed by atoms with E-state index in [9.17, 15) is 0 Å². The van der Waals surface area contributed by atoms with E-state index in [1.54, 1.807) is 0 Å². The molecule has 0 amide bonds. The van der Waals surface area contributed by atoms with Gasteiger partial charge in [0.2, 0.25) is 0 Å². The molecule has 0 aliphatic rings. The summed E-state index contributed by atoms with van der Waals surface area (Å²) in [7, 11) is -4.67. The van der Waals surface area contributed by atoms with Crippen LogP contribution in [-0.4, -0.2) is 104 Å². The smallest absolute Gasteiger partial charge is 1.00 e. The van der Waals surface area contributed by atoms with Crippen molar-refractivity contribution in [2.45, 2.75) is 0 Å². The molecule has 4 nitrogen and oxygen atoms in total. The Hall–Kier alpha value is 3.32. The van der Waals surface area contributed by atoms with E-state index in [1.165, 1.54) is 0 Å². The molecular weight excluding hydrogens is 339 g/mol. The minimum Gasteiger partial charge on any atom is -1.00 e. The zero-order chi connectivity index (χ0) is 4.50. The van der Waals surface area contributed by atoms with Crippen molar-refractivity contribution in [2.24, 2.45) is 0 Å². The van der Waals surface area contributed by atoms with Gasteiger partial charge in [0.05, 0.1) is 0 Å². The van der Waals surface area contributed by atoms with Crippen LogP contribution in [0.5, 0.6) is 0 Å². The zero-order valence-electron chi connectivity index (χ0n) is 8.24. The van der Waals surface area contributed by atoms with Gasteiger partial charge in [0.25, 0.3) is 0 Å². The van der Waals surface area contributed by atoms with Crippen LogP contribution in [0.1, 0.15) is 5.71 Å². The van der Waals surface area contributed by atoms with E-state index in [1.807, 2.05) is 0 Å². The molecule has 0 spiro atoms. The second-order valence-electron chi connectivity index (χ2n) is 0.448. The fourth-order valence-corrected chi connectivity index (χ4v) is 0. The Labute approximate surface area is 137 Å². The van der Waals surface area contributed by atoms with Gasteiger partial charge in [0.1, 0.15) is 0 Å². The fourth-order valence-electron chi connectivity index (χ4n) is 0. The van der Waals surface area contributed by atoms with Crippen LogP contribution < -0.4 is 0 Å². The summed E-state index contributed by atoms with van der Waals surface area (Å²) in [5.74, 6) is 0. The molecule has 0 radical (unpaired) electrons. The molecule has 42 valence electrons. The van der Waals surface area contributed by atoms with Gasteiger partial charge < -0.3 is 5.71 Å². The van der Waals surface area contributed by atoms with Gasteiger partial charge in [0, 0.05) is 19.5 Å². The van der Waals surface area contributed by atoms with E-state index in [0.29, 0.717) is 0 Å². The Kier molecular flexibility index (Phi) is 29.0. The Morgan fingerprint density at radius 2 is 1.25 bits per heavy atom. The molecule has 0 atom stereocenters. The van der Waals surface area contributed by atoms with Gasteiger partial charge in [-0.25, -0.2) is 0 Å². The second kappa shape index (κ2) is 10.3. The first-order valence-corrected chi connectivity index (χ1v) is 2.10. The molecule has 2 N–H and O–H groups in total. The molecular formula is H6BaCaO4SZn. The minimum atomic E-state index is -4.67. The molecule has 0 fully saturated rings. The Morgan fingerprint density at radius 3 is 1.25 bits per heavy atom. The first-order valence-electron chi connectivity index (χ1n) is 0.698. The Balaban J connectivity index is -0.00000000381. The molecule has 0 aromatic rings. The van der Waals surface area contributed by atoms with Crippen molar-refractivity contribution < 1.29 is 42.7 Å². The summed E-state index contributed by atoms with van der Waals surface area (Å²) in [6.07, 6.45) is 0. The molecule has 0 unspecified atom stereocenters. The number of rotatable bonds is 0. The zero-order valence-corrected chi connectivity index (χ0v) is 14.7. The summed E-state index contributed by atoms with van der Waals surface area (Å²) < 4.78 is 31.6. The third kappa shape index (κ3) is 58.5. The van der Waals surface area contributed by atoms with E-state index in [-0.39, 0.29) is 112 Å². The van der Waals surface area contributed by atoms with Crippen LogP contribution >= 0.6 is 0 Å². The summed E-state index contributed by atoms with van der Waals surface area (Å²) in [6.45, 7) is 0. The van der Waals surface area contributed by atoms with Crippen LogP contribution in [0.25, 0.3) is 0 Å². The van der Waals surface area contributed by atoms with Crippen LogP contribution in [0, 0.1) is 0 Å². The van der Waals surface area contributed by atoms with Crippen molar-refractivity contribution in [1.29, 1.82) is 0 Å². The van der Waals surface area contributed by atoms with Crippen molar-refractivity contribution in [3.05, 3.63) is 0 Å². The molecule has 0 aromatic carbocycles. The molecule has 8 heavy (non-hydrogen) atoms. The first kappa shape index (κ1) is 22.5. The maximum atomic E-state index is 8.74. The Morgan fingerprint density at radius 1 is 1.25 bits per heavy atom. The van der Waals surface area contributed by atoms with Crippen LogP contribution in [-0.2, 0) is 29.9 Å². The predicted octanol–water partition coefficient (Wildman–Crippen LogP) is -0.967. The molecule has 0 aromatic heterocycles. The van der Waals surface area contributed by atoms with Crippen LogP contribution in [0.3, 0.4) is 0 Å². The van der Waals surface area contributed by atoms with Gasteiger partial charge in [-0.15, -0.1) is 0 Å². The predicted molar refractivity (Wildman–Crippen MR) is 30.1 cm³/mol. The van der Waals surface area contributed by atoms with Gasteiger partial charge >= 0.3 is 97.0 Å². The van der Waals surface area contributed by atoms with Crippen LogP contribution in [0.15, 0.2) is 0 Å². The van der Waals surface area contributed by atoms with Crippen molar-refractivity contribution in [1.82, 2.24) is 0 Å².